The van der Waals surface area contributed by atoms with Gasteiger partial charge in [-0.15, -0.1) is 12.3 Å². The molecular weight excluding hydrogens is 168 g/mol. The molecule has 0 aromatic carbocycles. The molecule has 12 heavy (non-hydrogen) atoms. The smallest absolute Gasteiger partial charge is 0.0579 e. The van der Waals surface area contributed by atoms with Crippen molar-refractivity contribution in [1.29, 1.82) is 0 Å². The van der Waals surface area contributed by atoms with Gasteiger partial charge in [0.15, 0.2) is 0 Å². The number of nitrogens with two attached hydrogens (primary N) is 1. The number of rotatable bonds is 3. The van der Waals surface area contributed by atoms with Gasteiger partial charge in [-0.05, 0) is 28.8 Å². The van der Waals surface area contributed by atoms with Crippen molar-refractivity contribution in [3.05, 3.63) is 21.9 Å². The third kappa shape index (κ3) is 1.86. The second-order valence-electron chi connectivity index (χ2n) is 2.64. The Morgan fingerprint density at radius 2 is 2.50 bits per heavy atom. The molecule has 0 aliphatic rings. The predicted octanol–water partition coefficient (Wildman–Crippen LogP) is 1.58. The van der Waals surface area contributed by atoms with E-state index in [1.54, 1.807) is 11.3 Å². The van der Waals surface area contributed by atoms with Crippen LogP contribution in [0.15, 0.2) is 10.8 Å². The van der Waals surface area contributed by atoms with Crippen LogP contribution in [-0.4, -0.2) is 0 Å². The molecule has 1 aromatic heterocycles. The Balaban J connectivity index is 2.81. The van der Waals surface area contributed by atoms with Crippen LogP contribution >= 0.6 is 11.3 Å². The summed E-state index contributed by atoms with van der Waals surface area (Å²) < 4.78 is 0. The van der Waals surface area contributed by atoms with Crippen LogP contribution in [-0.2, 0) is 0 Å². The Bertz CT molecular complexity index is 285. The Morgan fingerprint density at radius 1 is 1.75 bits per heavy atom. The SMILES string of the molecule is C#CCC(NN)c1cscc1C. The van der Waals surface area contributed by atoms with E-state index in [1.165, 1.54) is 11.1 Å². The van der Waals surface area contributed by atoms with E-state index in [4.69, 9.17) is 12.3 Å². The van der Waals surface area contributed by atoms with Gasteiger partial charge in [0.1, 0.15) is 0 Å². The lowest BCUT2D eigenvalue weighted by Crippen LogP contribution is -2.27. The fourth-order valence-electron chi connectivity index (χ4n) is 1.10. The molecule has 0 amide bonds. The minimum Gasteiger partial charge on any atom is -0.271 e. The first-order valence-corrected chi connectivity index (χ1v) is 4.66. The predicted molar refractivity (Wildman–Crippen MR) is 52.6 cm³/mol. The zero-order chi connectivity index (χ0) is 8.97. The van der Waals surface area contributed by atoms with E-state index in [9.17, 15) is 0 Å². The van der Waals surface area contributed by atoms with Gasteiger partial charge in [0.2, 0.25) is 0 Å². The molecule has 2 nitrogen and oxygen atoms in total. The second kappa shape index (κ2) is 4.27. The molecule has 1 aromatic rings. The standard InChI is InChI=1S/C9H12N2S/c1-3-4-9(11-10)8-6-12-5-7(8)2/h1,5-6,9,11H,4,10H2,2H3. The van der Waals surface area contributed by atoms with Crippen molar-refractivity contribution in [1.82, 2.24) is 5.43 Å². The summed E-state index contributed by atoms with van der Waals surface area (Å²) in [7, 11) is 0. The topological polar surface area (TPSA) is 38.0 Å². The van der Waals surface area contributed by atoms with Gasteiger partial charge >= 0.3 is 0 Å². The highest BCUT2D eigenvalue weighted by Gasteiger charge is 2.10. The molecule has 1 rings (SSSR count). The largest absolute Gasteiger partial charge is 0.271 e. The van der Waals surface area contributed by atoms with Crippen molar-refractivity contribution in [3.8, 4) is 12.3 Å². The average molecular weight is 180 g/mol. The maximum atomic E-state index is 5.38. The van der Waals surface area contributed by atoms with Crippen LogP contribution in [0.4, 0.5) is 0 Å². The number of hydrazine groups is 1. The first kappa shape index (κ1) is 9.27. The fourth-order valence-corrected chi connectivity index (χ4v) is 2.01. The lowest BCUT2D eigenvalue weighted by atomic mass is 10.1. The molecule has 0 saturated heterocycles. The number of terminal acetylenes is 1. The van der Waals surface area contributed by atoms with Gasteiger partial charge in [0, 0.05) is 6.42 Å². The third-order valence-electron chi connectivity index (χ3n) is 1.79. The summed E-state index contributed by atoms with van der Waals surface area (Å²) in [4.78, 5) is 0. The summed E-state index contributed by atoms with van der Waals surface area (Å²) in [6.45, 7) is 2.06. The number of thiophene rings is 1. The molecule has 0 bridgehead atoms. The normalized spacial score (nSPS) is 12.4. The molecule has 1 atom stereocenters. The van der Waals surface area contributed by atoms with Crippen molar-refractivity contribution in [2.45, 2.75) is 19.4 Å². The van der Waals surface area contributed by atoms with Crippen LogP contribution in [0.3, 0.4) is 0 Å². The summed E-state index contributed by atoms with van der Waals surface area (Å²) >= 11 is 1.67. The molecule has 0 spiro atoms. The van der Waals surface area contributed by atoms with Crippen LogP contribution in [0.1, 0.15) is 23.6 Å². The Kier molecular flexibility index (Phi) is 3.30. The highest BCUT2D eigenvalue weighted by Crippen LogP contribution is 2.22. The van der Waals surface area contributed by atoms with E-state index in [0.717, 1.165) is 0 Å². The molecule has 0 aliphatic heterocycles. The Labute approximate surface area is 76.8 Å². The maximum Gasteiger partial charge on any atom is 0.0579 e. The number of hydrogen-bond donors (Lipinski definition) is 2. The van der Waals surface area contributed by atoms with Gasteiger partial charge in [0.05, 0.1) is 6.04 Å². The van der Waals surface area contributed by atoms with Gasteiger partial charge < -0.3 is 0 Å². The van der Waals surface area contributed by atoms with E-state index in [0.29, 0.717) is 6.42 Å². The minimum atomic E-state index is 0.0984. The van der Waals surface area contributed by atoms with E-state index in [1.807, 2.05) is 0 Å². The van der Waals surface area contributed by atoms with E-state index >= 15 is 0 Å². The Hall–Kier alpha value is -0.820. The van der Waals surface area contributed by atoms with Gasteiger partial charge in [-0.1, -0.05) is 0 Å². The number of hydrogen-bond acceptors (Lipinski definition) is 3. The van der Waals surface area contributed by atoms with Crippen LogP contribution in [0.2, 0.25) is 0 Å². The molecule has 0 saturated carbocycles. The Morgan fingerprint density at radius 3 is 2.92 bits per heavy atom. The first-order chi connectivity index (χ1) is 5.79. The van der Waals surface area contributed by atoms with Crippen molar-refractivity contribution >= 4 is 11.3 Å². The van der Waals surface area contributed by atoms with Crippen molar-refractivity contribution in [2.24, 2.45) is 5.84 Å². The molecule has 0 aliphatic carbocycles. The monoisotopic (exact) mass is 180 g/mol. The average Bonchev–Trinajstić information content (AvgIpc) is 2.47. The molecule has 3 heteroatoms. The van der Waals surface area contributed by atoms with Crippen molar-refractivity contribution in [2.75, 3.05) is 0 Å². The molecule has 0 radical (unpaired) electrons. The summed E-state index contributed by atoms with van der Waals surface area (Å²) in [5.74, 6) is 7.97. The third-order valence-corrected chi connectivity index (χ3v) is 2.67. The van der Waals surface area contributed by atoms with Crippen LogP contribution < -0.4 is 11.3 Å². The highest BCUT2D eigenvalue weighted by atomic mass is 32.1. The summed E-state index contributed by atoms with van der Waals surface area (Å²) in [5.41, 5.74) is 5.17. The molecule has 3 N–H and O–H groups in total. The zero-order valence-corrected chi connectivity index (χ0v) is 7.82. The van der Waals surface area contributed by atoms with Crippen molar-refractivity contribution in [3.63, 3.8) is 0 Å². The number of nitrogens with one attached hydrogen (secondary N) is 1. The summed E-state index contributed by atoms with van der Waals surface area (Å²) in [5, 5.41) is 4.17. The second-order valence-corrected chi connectivity index (χ2v) is 3.38. The summed E-state index contributed by atoms with van der Waals surface area (Å²) in [6, 6.07) is 0.0984. The molecule has 0 fully saturated rings. The van der Waals surface area contributed by atoms with Crippen molar-refractivity contribution < 1.29 is 0 Å². The zero-order valence-electron chi connectivity index (χ0n) is 7.00. The number of aryl methyl sites for hydroxylation is 1. The van der Waals surface area contributed by atoms with Gasteiger partial charge in [-0.2, -0.15) is 11.3 Å². The molecular formula is C9H12N2S. The lowest BCUT2D eigenvalue weighted by Gasteiger charge is -2.12. The van der Waals surface area contributed by atoms with E-state index < -0.39 is 0 Å². The van der Waals surface area contributed by atoms with E-state index in [2.05, 4.69) is 29.0 Å². The lowest BCUT2D eigenvalue weighted by molar-refractivity contribution is 0.567. The molecule has 1 unspecified atom stereocenters. The minimum absolute atomic E-state index is 0.0984. The van der Waals surface area contributed by atoms with Crippen LogP contribution in [0.25, 0.3) is 0 Å². The maximum absolute atomic E-state index is 5.38. The van der Waals surface area contributed by atoms with Gasteiger partial charge in [0.25, 0.3) is 0 Å². The van der Waals surface area contributed by atoms with Crippen LogP contribution in [0.5, 0.6) is 0 Å². The van der Waals surface area contributed by atoms with Gasteiger partial charge in [-0.25, -0.2) is 0 Å². The fraction of sp³-hybridized carbons (Fsp3) is 0.333. The molecule has 1 heterocycles. The van der Waals surface area contributed by atoms with E-state index in [-0.39, 0.29) is 6.04 Å². The van der Waals surface area contributed by atoms with Crippen LogP contribution in [0, 0.1) is 19.3 Å². The van der Waals surface area contributed by atoms with Gasteiger partial charge in [-0.3, -0.25) is 11.3 Å². The quantitative estimate of drug-likeness (QED) is 0.421. The summed E-state index contributed by atoms with van der Waals surface area (Å²) in [6.07, 6.45) is 5.85. The first-order valence-electron chi connectivity index (χ1n) is 3.72. The highest BCUT2D eigenvalue weighted by molar-refractivity contribution is 7.08. The molecule has 64 valence electrons.